The number of amides is 2. The molecule has 0 aromatic heterocycles. The lowest BCUT2D eigenvalue weighted by Gasteiger charge is -2.13. The van der Waals surface area contributed by atoms with Gasteiger partial charge in [-0.3, -0.25) is 9.59 Å². The van der Waals surface area contributed by atoms with E-state index in [1.54, 1.807) is 61.5 Å². The Morgan fingerprint density at radius 1 is 1.14 bits per heavy atom. The molecule has 1 aliphatic heterocycles. The van der Waals surface area contributed by atoms with Crippen LogP contribution in [0.3, 0.4) is 0 Å². The van der Waals surface area contributed by atoms with Gasteiger partial charge in [0.15, 0.2) is 6.61 Å². The summed E-state index contributed by atoms with van der Waals surface area (Å²) in [6.45, 7) is 1.72. The summed E-state index contributed by atoms with van der Waals surface area (Å²) >= 11 is 6.94. The first-order chi connectivity index (χ1) is 13.5. The molecule has 1 heterocycles. The van der Waals surface area contributed by atoms with Gasteiger partial charge in [0, 0.05) is 5.56 Å². The summed E-state index contributed by atoms with van der Waals surface area (Å²) in [7, 11) is 0. The molecule has 1 saturated heterocycles. The number of ether oxygens (including phenoxy) is 2. The van der Waals surface area contributed by atoms with Gasteiger partial charge in [-0.15, -0.1) is 0 Å². The molecule has 0 bridgehead atoms. The number of hydrogen-bond donors (Lipinski definition) is 0. The molecule has 8 heteroatoms. The highest BCUT2D eigenvalue weighted by molar-refractivity contribution is 8.19. The van der Waals surface area contributed by atoms with Gasteiger partial charge in [0.05, 0.1) is 22.2 Å². The van der Waals surface area contributed by atoms with Crippen molar-refractivity contribution < 1.29 is 23.9 Å². The van der Waals surface area contributed by atoms with Crippen LogP contribution in [0, 0.1) is 0 Å². The van der Waals surface area contributed by atoms with Gasteiger partial charge in [0.25, 0.3) is 11.1 Å². The van der Waals surface area contributed by atoms with Gasteiger partial charge in [0.1, 0.15) is 5.75 Å². The number of para-hydroxylation sites is 2. The molecular formula is C20H16ClNO5S. The maximum atomic E-state index is 12.8. The van der Waals surface area contributed by atoms with Gasteiger partial charge < -0.3 is 9.47 Å². The number of esters is 1. The van der Waals surface area contributed by atoms with Gasteiger partial charge in [-0.1, -0.05) is 41.9 Å². The minimum atomic E-state index is -0.489. The summed E-state index contributed by atoms with van der Waals surface area (Å²) < 4.78 is 10.3. The van der Waals surface area contributed by atoms with Crippen LogP contribution in [0.15, 0.2) is 53.4 Å². The van der Waals surface area contributed by atoms with Crippen molar-refractivity contribution in [2.75, 3.05) is 18.1 Å². The molecule has 0 aliphatic carbocycles. The Hall–Kier alpha value is -2.77. The lowest BCUT2D eigenvalue weighted by molar-refractivity contribution is -0.145. The van der Waals surface area contributed by atoms with E-state index in [-0.39, 0.29) is 18.1 Å². The van der Waals surface area contributed by atoms with Crippen molar-refractivity contribution in [3.8, 4) is 5.75 Å². The predicted octanol–water partition coefficient (Wildman–Crippen LogP) is 4.52. The van der Waals surface area contributed by atoms with Crippen molar-refractivity contribution in [1.29, 1.82) is 0 Å². The van der Waals surface area contributed by atoms with E-state index in [9.17, 15) is 14.4 Å². The average molecular weight is 418 g/mol. The van der Waals surface area contributed by atoms with Crippen molar-refractivity contribution in [1.82, 2.24) is 0 Å². The van der Waals surface area contributed by atoms with E-state index < -0.39 is 17.1 Å². The number of anilines is 1. The topological polar surface area (TPSA) is 72.9 Å². The van der Waals surface area contributed by atoms with Crippen LogP contribution < -0.4 is 9.64 Å². The fourth-order valence-electron chi connectivity index (χ4n) is 2.52. The number of hydrogen-bond acceptors (Lipinski definition) is 6. The number of carbonyl (C=O) groups is 3. The van der Waals surface area contributed by atoms with E-state index in [1.807, 2.05) is 0 Å². The molecule has 1 fully saturated rings. The maximum Gasteiger partial charge on any atom is 0.344 e. The van der Waals surface area contributed by atoms with Crippen LogP contribution in [0.5, 0.6) is 5.75 Å². The Kier molecular flexibility index (Phi) is 6.38. The second kappa shape index (κ2) is 8.95. The van der Waals surface area contributed by atoms with E-state index in [0.29, 0.717) is 22.0 Å². The van der Waals surface area contributed by atoms with E-state index in [1.165, 1.54) is 0 Å². The zero-order chi connectivity index (χ0) is 20.1. The molecule has 144 valence electrons. The first-order valence-corrected chi connectivity index (χ1v) is 9.60. The molecular weight excluding hydrogens is 402 g/mol. The van der Waals surface area contributed by atoms with Crippen LogP contribution in [0.2, 0.25) is 5.02 Å². The molecule has 0 radical (unpaired) electrons. The number of halogens is 1. The van der Waals surface area contributed by atoms with Crippen LogP contribution in [-0.4, -0.2) is 30.3 Å². The van der Waals surface area contributed by atoms with Crippen LogP contribution in [0.25, 0.3) is 6.08 Å². The highest BCUT2D eigenvalue weighted by Crippen LogP contribution is 2.39. The largest absolute Gasteiger partial charge is 0.481 e. The summed E-state index contributed by atoms with van der Waals surface area (Å²) in [5, 5.41) is -0.126. The number of benzene rings is 2. The summed E-state index contributed by atoms with van der Waals surface area (Å²) in [4.78, 5) is 38.0. The summed E-state index contributed by atoms with van der Waals surface area (Å²) in [6, 6.07) is 13.5. The molecule has 0 saturated carbocycles. The minimum Gasteiger partial charge on any atom is -0.481 e. The SMILES string of the molecule is CCOC(=O)COc1ccccc1C=C1SC(=O)N(c2ccccc2Cl)C1=O. The predicted molar refractivity (Wildman–Crippen MR) is 108 cm³/mol. The first kappa shape index (κ1) is 20.0. The van der Waals surface area contributed by atoms with Crippen molar-refractivity contribution in [3.05, 3.63) is 64.0 Å². The molecule has 0 unspecified atom stereocenters. The number of carbonyl (C=O) groups excluding carboxylic acids is 3. The van der Waals surface area contributed by atoms with Crippen LogP contribution in [0.1, 0.15) is 12.5 Å². The molecule has 0 N–H and O–H groups in total. The second-order valence-corrected chi connectivity index (χ2v) is 7.00. The zero-order valence-corrected chi connectivity index (χ0v) is 16.5. The normalized spacial score (nSPS) is 15.2. The van der Waals surface area contributed by atoms with Gasteiger partial charge in [-0.25, -0.2) is 9.69 Å². The number of thioether (sulfide) groups is 1. The lowest BCUT2D eigenvalue weighted by atomic mass is 10.2. The first-order valence-electron chi connectivity index (χ1n) is 8.41. The van der Waals surface area contributed by atoms with Crippen LogP contribution in [0.4, 0.5) is 10.5 Å². The van der Waals surface area contributed by atoms with Crippen molar-refractivity contribution in [2.45, 2.75) is 6.92 Å². The molecule has 6 nitrogen and oxygen atoms in total. The van der Waals surface area contributed by atoms with E-state index in [0.717, 1.165) is 16.7 Å². The lowest BCUT2D eigenvalue weighted by Crippen LogP contribution is -2.27. The molecule has 3 rings (SSSR count). The Balaban J connectivity index is 1.85. The third-order valence-corrected chi connectivity index (χ3v) is 4.93. The Labute approximate surface area is 171 Å². The smallest absolute Gasteiger partial charge is 0.344 e. The monoisotopic (exact) mass is 417 g/mol. The molecule has 2 amide bonds. The fraction of sp³-hybridized carbons (Fsp3) is 0.150. The average Bonchev–Trinajstić information content (AvgIpc) is 2.95. The zero-order valence-electron chi connectivity index (χ0n) is 14.9. The Morgan fingerprint density at radius 2 is 1.86 bits per heavy atom. The molecule has 2 aromatic carbocycles. The van der Waals surface area contributed by atoms with E-state index in [4.69, 9.17) is 21.1 Å². The Morgan fingerprint density at radius 3 is 2.61 bits per heavy atom. The van der Waals surface area contributed by atoms with Crippen LogP contribution >= 0.6 is 23.4 Å². The van der Waals surface area contributed by atoms with Gasteiger partial charge in [-0.05, 0) is 43.0 Å². The molecule has 0 spiro atoms. The maximum absolute atomic E-state index is 12.8. The fourth-order valence-corrected chi connectivity index (χ4v) is 3.57. The summed E-state index contributed by atoms with van der Waals surface area (Å²) in [5.74, 6) is -0.556. The number of imide groups is 1. The Bertz CT molecular complexity index is 959. The highest BCUT2D eigenvalue weighted by Gasteiger charge is 2.37. The number of rotatable bonds is 6. The third kappa shape index (κ3) is 4.37. The molecule has 28 heavy (non-hydrogen) atoms. The standard InChI is InChI=1S/C20H16ClNO5S/c1-2-26-18(23)12-27-16-10-6-3-7-13(16)11-17-19(24)22(20(25)28-17)15-9-5-4-8-14(15)21/h3-11H,2,12H2,1H3. The third-order valence-electron chi connectivity index (χ3n) is 3.74. The summed E-state index contributed by atoms with van der Waals surface area (Å²) in [5.41, 5.74) is 0.901. The van der Waals surface area contributed by atoms with Crippen LogP contribution in [-0.2, 0) is 14.3 Å². The van der Waals surface area contributed by atoms with Gasteiger partial charge >= 0.3 is 5.97 Å². The van der Waals surface area contributed by atoms with Gasteiger partial charge in [0.2, 0.25) is 0 Å². The van der Waals surface area contributed by atoms with Crippen molar-refractivity contribution >= 4 is 52.2 Å². The van der Waals surface area contributed by atoms with E-state index >= 15 is 0 Å². The molecule has 0 atom stereocenters. The number of nitrogens with zero attached hydrogens (tertiary/aromatic N) is 1. The summed E-state index contributed by atoms with van der Waals surface area (Å²) in [6.07, 6.45) is 1.56. The van der Waals surface area contributed by atoms with Crippen molar-refractivity contribution in [3.63, 3.8) is 0 Å². The molecule has 1 aliphatic rings. The molecule has 2 aromatic rings. The highest BCUT2D eigenvalue weighted by atomic mass is 35.5. The van der Waals surface area contributed by atoms with E-state index in [2.05, 4.69) is 0 Å². The quantitative estimate of drug-likeness (QED) is 0.508. The van der Waals surface area contributed by atoms with Crippen molar-refractivity contribution in [2.24, 2.45) is 0 Å². The second-order valence-electron chi connectivity index (χ2n) is 5.60. The minimum absolute atomic E-state index is 0.233. The van der Waals surface area contributed by atoms with Gasteiger partial charge in [-0.2, -0.15) is 0 Å².